The highest BCUT2D eigenvalue weighted by Gasteiger charge is 2.27. The van der Waals surface area contributed by atoms with Gasteiger partial charge < -0.3 is 15.2 Å². The molecule has 164 valence electrons. The van der Waals surface area contributed by atoms with E-state index in [1.807, 2.05) is 4.90 Å². The molecule has 3 aromatic rings. The molecule has 2 aromatic heterocycles. The van der Waals surface area contributed by atoms with Crippen LogP contribution < -0.4 is 5.32 Å². The molecule has 31 heavy (non-hydrogen) atoms. The fourth-order valence-corrected chi connectivity index (χ4v) is 4.68. The van der Waals surface area contributed by atoms with Gasteiger partial charge in [-0.2, -0.15) is 0 Å². The van der Waals surface area contributed by atoms with E-state index in [4.69, 9.17) is 0 Å². The molecule has 8 nitrogen and oxygen atoms in total. The lowest BCUT2D eigenvalue weighted by molar-refractivity contribution is 0.0705. The van der Waals surface area contributed by atoms with Crippen molar-refractivity contribution in [2.45, 2.75) is 57.0 Å². The largest absolute Gasteiger partial charge is 0.342 e. The van der Waals surface area contributed by atoms with Crippen LogP contribution in [0.2, 0.25) is 0 Å². The molecule has 2 aliphatic heterocycles. The smallest absolute Gasteiger partial charge is 0.276 e. The molecule has 1 amide bonds. The van der Waals surface area contributed by atoms with Crippen LogP contribution in [0.3, 0.4) is 0 Å². The third kappa shape index (κ3) is 4.46. The van der Waals surface area contributed by atoms with Gasteiger partial charge in [-0.1, -0.05) is 11.6 Å². The van der Waals surface area contributed by atoms with E-state index in [2.05, 4.69) is 25.6 Å². The summed E-state index contributed by atoms with van der Waals surface area (Å²) in [6.45, 7) is 3.15. The standard InChI is InChI=1S/C22H28FN7O/c23-16-4-5-18-19(13-16)26-21(25-18)15-6-10-29(11-7-15)22(31)20-14-30(28-27-20)12-8-17-3-1-2-9-24-17/h4-5,13-15,17,24H,1-3,6-12H2,(H,25,26). The number of hydrogen-bond donors (Lipinski definition) is 2. The Morgan fingerprint density at radius 3 is 2.87 bits per heavy atom. The van der Waals surface area contributed by atoms with Crippen LogP contribution >= 0.6 is 0 Å². The first-order valence-corrected chi connectivity index (χ1v) is 11.2. The van der Waals surface area contributed by atoms with Crippen LogP contribution in [0.15, 0.2) is 24.4 Å². The summed E-state index contributed by atoms with van der Waals surface area (Å²) in [6, 6.07) is 5.12. The SMILES string of the molecule is O=C(c1cn(CCC2CCCCN2)nn1)N1CCC(c2nc3ccc(F)cc3[nH]2)CC1. The molecule has 1 unspecified atom stereocenters. The number of rotatable bonds is 5. The number of aromatic amines is 1. The molecule has 0 radical (unpaired) electrons. The summed E-state index contributed by atoms with van der Waals surface area (Å²) in [5.74, 6) is 0.770. The van der Waals surface area contributed by atoms with Gasteiger partial charge in [0.25, 0.3) is 5.91 Å². The molecular formula is C22H28FN7O. The summed E-state index contributed by atoms with van der Waals surface area (Å²) in [4.78, 5) is 22.6. The van der Waals surface area contributed by atoms with E-state index in [-0.39, 0.29) is 17.6 Å². The van der Waals surface area contributed by atoms with Crippen molar-refractivity contribution < 1.29 is 9.18 Å². The molecule has 9 heteroatoms. The number of imidazole rings is 1. The fraction of sp³-hybridized carbons (Fsp3) is 0.545. The second-order valence-electron chi connectivity index (χ2n) is 8.65. The monoisotopic (exact) mass is 425 g/mol. The topological polar surface area (TPSA) is 91.7 Å². The van der Waals surface area contributed by atoms with Crippen LogP contribution in [0.5, 0.6) is 0 Å². The quantitative estimate of drug-likeness (QED) is 0.656. The Labute approximate surface area is 180 Å². The van der Waals surface area contributed by atoms with Crippen LogP contribution in [0.4, 0.5) is 4.39 Å². The number of carbonyl (C=O) groups is 1. The normalized spacial score (nSPS) is 20.4. The highest BCUT2D eigenvalue weighted by Crippen LogP contribution is 2.28. The number of halogens is 1. The van der Waals surface area contributed by atoms with Gasteiger partial charge in [0.05, 0.1) is 17.2 Å². The predicted octanol–water partition coefficient (Wildman–Crippen LogP) is 2.85. The molecule has 4 heterocycles. The molecule has 1 aromatic carbocycles. The van der Waals surface area contributed by atoms with Crippen molar-refractivity contribution in [1.29, 1.82) is 0 Å². The predicted molar refractivity (Wildman–Crippen MR) is 114 cm³/mol. The summed E-state index contributed by atoms with van der Waals surface area (Å²) in [5, 5.41) is 11.8. The molecule has 0 spiro atoms. The minimum absolute atomic E-state index is 0.0628. The number of piperidine rings is 2. The summed E-state index contributed by atoms with van der Waals surface area (Å²) in [7, 11) is 0. The number of H-pyrrole nitrogens is 1. The second kappa shape index (κ2) is 8.74. The van der Waals surface area contributed by atoms with Crippen molar-refractivity contribution in [3.8, 4) is 0 Å². The van der Waals surface area contributed by atoms with E-state index in [0.29, 0.717) is 30.3 Å². The lowest BCUT2D eigenvalue weighted by Gasteiger charge is -2.30. The Bertz CT molecular complexity index is 1050. The first kappa shape index (κ1) is 20.1. The molecule has 2 fully saturated rings. The summed E-state index contributed by atoms with van der Waals surface area (Å²) in [5.41, 5.74) is 1.90. The number of aryl methyl sites for hydroxylation is 1. The molecular weight excluding hydrogens is 397 g/mol. The number of likely N-dealkylation sites (tertiary alicyclic amines) is 1. The molecule has 0 aliphatic carbocycles. The van der Waals surface area contributed by atoms with Crippen molar-refractivity contribution >= 4 is 16.9 Å². The van der Waals surface area contributed by atoms with E-state index in [1.54, 1.807) is 16.9 Å². The van der Waals surface area contributed by atoms with Gasteiger partial charge in [0, 0.05) is 31.6 Å². The van der Waals surface area contributed by atoms with Crippen molar-refractivity contribution in [2.75, 3.05) is 19.6 Å². The van der Waals surface area contributed by atoms with Gasteiger partial charge in [0.2, 0.25) is 0 Å². The Balaban J connectivity index is 1.15. The molecule has 5 rings (SSSR count). The van der Waals surface area contributed by atoms with E-state index < -0.39 is 0 Å². The number of carbonyl (C=O) groups excluding carboxylic acids is 1. The average molecular weight is 426 g/mol. The summed E-state index contributed by atoms with van der Waals surface area (Å²) in [6.07, 6.45) is 8.14. The maximum absolute atomic E-state index is 13.4. The Morgan fingerprint density at radius 1 is 1.19 bits per heavy atom. The van der Waals surface area contributed by atoms with Crippen LogP contribution in [-0.4, -0.2) is 61.4 Å². The van der Waals surface area contributed by atoms with Gasteiger partial charge in [-0.05, 0) is 56.8 Å². The van der Waals surface area contributed by atoms with Crippen molar-refractivity contribution in [1.82, 2.24) is 35.2 Å². The summed E-state index contributed by atoms with van der Waals surface area (Å²) < 4.78 is 15.2. The number of nitrogens with one attached hydrogen (secondary N) is 2. The first-order chi connectivity index (χ1) is 15.2. The van der Waals surface area contributed by atoms with Gasteiger partial charge in [-0.25, -0.2) is 9.37 Å². The number of hydrogen-bond acceptors (Lipinski definition) is 5. The van der Waals surface area contributed by atoms with Gasteiger partial charge in [-0.3, -0.25) is 9.48 Å². The number of nitrogens with zero attached hydrogens (tertiary/aromatic N) is 5. The molecule has 2 aliphatic rings. The molecule has 2 saturated heterocycles. The van der Waals surface area contributed by atoms with Crippen LogP contribution in [-0.2, 0) is 6.54 Å². The zero-order valence-corrected chi connectivity index (χ0v) is 17.6. The molecule has 0 saturated carbocycles. The van der Waals surface area contributed by atoms with Crippen molar-refractivity contribution in [3.05, 3.63) is 41.7 Å². The number of aromatic nitrogens is 5. The average Bonchev–Trinajstić information content (AvgIpc) is 3.45. The van der Waals surface area contributed by atoms with Crippen molar-refractivity contribution in [2.24, 2.45) is 0 Å². The maximum Gasteiger partial charge on any atom is 0.276 e. The third-order valence-electron chi connectivity index (χ3n) is 6.51. The first-order valence-electron chi connectivity index (χ1n) is 11.2. The number of fused-ring (bicyclic) bond motifs is 1. The molecule has 1 atom stereocenters. The van der Waals surface area contributed by atoms with Gasteiger partial charge in [-0.15, -0.1) is 5.10 Å². The summed E-state index contributed by atoms with van der Waals surface area (Å²) >= 11 is 0. The number of amides is 1. The van der Waals surface area contributed by atoms with Crippen LogP contribution in [0.25, 0.3) is 11.0 Å². The van der Waals surface area contributed by atoms with Gasteiger partial charge in [0.1, 0.15) is 11.6 Å². The second-order valence-corrected chi connectivity index (χ2v) is 8.65. The minimum atomic E-state index is -0.272. The van der Waals surface area contributed by atoms with Gasteiger partial charge >= 0.3 is 0 Å². The van der Waals surface area contributed by atoms with Gasteiger partial charge in [0.15, 0.2) is 5.69 Å². The third-order valence-corrected chi connectivity index (χ3v) is 6.51. The van der Waals surface area contributed by atoms with Crippen LogP contribution in [0.1, 0.15) is 60.8 Å². The van der Waals surface area contributed by atoms with E-state index in [1.165, 1.54) is 31.4 Å². The number of benzene rings is 1. The highest BCUT2D eigenvalue weighted by atomic mass is 19.1. The van der Waals surface area contributed by atoms with Crippen LogP contribution in [0, 0.1) is 5.82 Å². The van der Waals surface area contributed by atoms with E-state index in [9.17, 15) is 9.18 Å². The lowest BCUT2D eigenvalue weighted by Crippen LogP contribution is -2.38. The Kier molecular flexibility index (Phi) is 5.67. The zero-order chi connectivity index (χ0) is 21.2. The lowest BCUT2D eigenvalue weighted by atomic mass is 9.96. The Morgan fingerprint density at radius 2 is 2.06 bits per heavy atom. The Hall–Kier alpha value is -2.81. The van der Waals surface area contributed by atoms with E-state index >= 15 is 0 Å². The highest BCUT2D eigenvalue weighted by molar-refractivity contribution is 5.92. The van der Waals surface area contributed by atoms with Crippen molar-refractivity contribution in [3.63, 3.8) is 0 Å². The fourth-order valence-electron chi connectivity index (χ4n) is 4.68. The molecule has 0 bridgehead atoms. The molecule has 2 N–H and O–H groups in total. The maximum atomic E-state index is 13.4. The van der Waals surface area contributed by atoms with E-state index in [0.717, 1.165) is 43.7 Å². The zero-order valence-electron chi connectivity index (χ0n) is 17.6. The minimum Gasteiger partial charge on any atom is -0.342 e.